The Hall–Kier alpha value is -6.78. The third-order valence-corrected chi connectivity index (χ3v) is 11.5. The second kappa shape index (κ2) is 10.4. The van der Waals surface area contributed by atoms with Crippen LogP contribution in [0.5, 0.6) is 0 Å². The lowest BCUT2D eigenvalue weighted by atomic mass is 9.91. The summed E-state index contributed by atoms with van der Waals surface area (Å²) < 4.78 is 5.07. The van der Waals surface area contributed by atoms with Gasteiger partial charge in [-0.2, -0.15) is 0 Å². The van der Waals surface area contributed by atoms with E-state index in [0.717, 1.165) is 11.4 Å². The van der Waals surface area contributed by atoms with Crippen molar-refractivity contribution in [2.75, 3.05) is 10.6 Å². The molecule has 52 heavy (non-hydrogen) atoms. The number of para-hydroxylation sites is 5. The quantitative estimate of drug-likeness (QED) is 0.193. The van der Waals surface area contributed by atoms with Crippen LogP contribution in [0.15, 0.2) is 170 Å². The van der Waals surface area contributed by atoms with Crippen molar-refractivity contribution in [1.82, 2.24) is 9.13 Å². The zero-order chi connectivity index (χ0) is 33.9. The Morgan fingerprint density at radius 2 is 1.12 bits per heavy atom. The molecule has 4 heteroatoms. The second-order valence-corrected chi connectivity index (χ2v) is 14.2. The maximum atomic E-state index is 4.03. The summed E-state index contributed by atoms with van der Waals surface area (Å²) in [5.74, 6) is 0. The molecule has 0 saturated carbocycles. The average molecular weight is 665 g/mol. The van der Waals surface area contributed by atoms with Crippen LogP contribution in [0.1, 0.15) is 17.8 Å². The van der Waals surface area contributed by atoms with Gasteiger partial charge in [-0.3, -0.25) is 0 Å². The summed E-state index contributed by atoms with van der Waals surface area (Å²) in [6.07, 6.45) is -0.112. The summed E-state index contributed by atoms with van der Waals surface area (Å²) in [6.45, 7) is 0. The first-order valence-corrected chi connectivity index (χ1v) is 18.1. The molecule has 2 aliphatic rings. The minimum atomic E-state index is -0.112. The van der Waals surface area contributed by atoms with Crippen LogP contribution in [0.4, 0.5) is 11.4 Å². The molecule has 0 amide bonds. The molecule has 4 nitrogen and oxygen atoms in total. The van der Waals surface area contributed by atoms with Crippen molar-refractivity contribution >= 4 is 65.8 Å². The smallest absolute Gasteiger partial charge is 0.129 e. The highest BCUT2D eigenvalue weighted by Gasteiger charge is 2.34. The third kappa shape index (κ3) is 3.70. The SMILES string of the molecule is c1ccc(C2Nc3ccccc3NC2n2c3cc4c(cc3c3c5ccccc5ccc32)-c2cccc3c5ccccc5n(c23)-c2ccccc2-4)cc1. The van der Waals surface area contributed by atoms with Crippen LogP contribution in [0.25, 0.3) is 82.3 Å². The first-order valence-electron chi connectivity index (χ1n) is 18.1. The van der Waals surface area contributed by atoms with E-state index in [9.17, 15) is 0 Å². The minimum absolute atomic E-state index is 0.0201. The number of fused-ring (bicyclic) bond motifs is 14. The van der Waals surface area contributed by atoms with Gasteiger partial charge in [-0.1, -0.05) is 127 Å². The molecular formula is C48H32N4. The fraction of sp³-hybridized carbons (Fsp3) is 0.0417. The van der Waals surface area contributed by atoms with Crippen molar-refractivity contribution in [2.45, 2.75) is 12.2 Å². The minimum Gasteiger partial charge on any atom is -0.373 e. The Balaban J connectivity index is 1.24. The molecule has 2 aromatic heterocycles. The van der Waals surface area contributed by atoms with E-state index >= 15 is 0 Å². The number of aromatic nitrogens is 2. The largest absolute Gasteiger partial charge is 0.373 e. The van der Waals surface area contributed by atoms with Crippen LogP contribution in [0.3, 0.4) is 0 Å². The van der Waals surface area contributed by atoms with E-state index in [0.29, 0.717) is 0 Å². The van der Waals surface area contributed by atoms with Gasteiger partial charge in [-0.15, -0.1) is 0 Å². The van der Waals surface area contributed by atoms with Crippen molar-refractivity contribution in [2.24, 2.45) is 0 Å². The first kappa shape index (κ1) is 28.0. The fourth-order valence-corrected chi connectivity index (χ4v) is 9.35. The van der Waals surface area contributed by atoms with Crippen LogP contribution in [0, 0.1) is 0 Å². The van der Waals surface area contributed by atoms with Gasteiger partial charge >= 0.3 is 0 Å². The highest BCUT2D eigenvalue weighted by molar-refractivity contribution is 6.24. The number of rotatable bonds is 2. The molecule has 2 unspecified atom stereocenters. The normalized spacial score (nSPS) is 16.0. The molecule has 2 N–H and O–H groups in total. The van der Waals surface area contributed by atoms with Gasteiger partial charge < -0.3 is 19.8 Å². The van der Waals surface area contributed by atoms with Crippen molar-refractivity contribution in [3.63, 3.8) is 0 Å². The summed E-state index contributed by atoms with van der Waals surface area (Å²) in [7, 11) is 0. The molecule has 8 aromatic carbocycles. The standard InChI is InChI=1S/C48H32N4/c1-2-14-30(15-3-1)46-48(50-40-22-9-8-21-39(40)49-46)52-43-26-25-29-13-4-5-16-31(29)45(43)38-27-36-35-20-12-19-34-32-17-6-10-23-41(32)51(47(34)35)42-24-11-7-18-33(42)37(36)28-44(38)52/h1-28,46,48-50H. The molecule has 2 atom stereocenters. The van der Waals surface area contributed by atoms with Crippen LogP contribution in [0.2, 0.25) is 0 Å². The lowest BCUT2D eigenvalue weighted by Gasteiger charge is -2.38. The summed E-state index contributed by atoms with van der Waals surface area (Å²) in [5, 5.41) is 15.6. The highest BCUT2D eigenvalue weighted by Crippen LogP contribution is 2.51. The number of hydrogen-bond acceptors (Lipinski definition) is 2. The van der Waals surface area contributed by atoms with E-state index in [4.69, 9.17) is 0 Å². The van der Waals surface area contributed by atoms with Gasteiger partial charge in [0, 0.05) is 32.7 Å². The molecule has 12 rings (SSSR count). The molecule has 2 aliphatic heterocycles. The topological polar surface area (TPSA) is 33.9 Å². The monoisotopic (exact) mass is 664 g/mol. The van der Waals surface area contributed by atoms with E-state index in [-0.39, 0.29) is 12.2 Å². The van der Waals surface area contributed by atoms with E-state index < -0.39 is 0 Å². The molecule has 10 aromatic rings. The molecule has 0 spiro atoms. The Morgan fingerprint density at radius 3 is 2.02 bits per heavy atom. The summed E-state index contributed by atoms with van der Waals surface area (Å²) in [5.41, 5.74) is 14.6. The van der Waals surface area contributed by atoms with Gasteiger partial charge in [0.15, 0.2) is 0 Å². The Kier molecular flexibility index (Phi) is 5.58. The van der Waals surface area contributed by atoms with Crippen molar-refractivity contribution in [3.8, 4) is 27.9 Å². The molecule has 0 bridgehead atoms. The molecule has 0 fully saturated rings. The number of benzene rings is 8. The third-order valence-electron chi connectivity index (χ3n) is 11.5. The van der Waals surface area contributed by atoms with E-state index in [1.165, 1.54) is 87.9 Å². The molecule has 0 radical (unpaired) electrons. The van der Waals surface area contributed by atoms with Crippen LogP contribution in [-0.2, 0) is 0 Å². The van der Waals surface area contributed by atoms with Gasteiger partial charge in [-0.05, 0) is 69.9 Å². The van der Waals surface area contributed by atoms with Crippen molar-refractivity contribution in [1.29, 1.82) is 0 Å². The molecule has 0 saturated heterocycles. The van der Waals surface area contributed by atoms with Crippen molar-refractivity contribution in [3.05, 3.63) is 175 Å². The molecule has 4 heterocycles. The van der Waals surface area contributed by atoms with Gasteiger partial charge in [-0.25, -0.2) is 0 Å². The second-order valence-electron chi connectivity index (χ2n) is 14.2. The van der Waals surface area contributed by atoms with Gasteiger partial charge in [0.1, 0.15) is 6.17 Å². The van der Waals surface area contributed by atoms with Gasteiger partial charge in [0.25, 0.3) is 0 Å². The number of nitrogens with zero attached hydrogens (tertiary/aromatic N) is 2. The fourth-order valence-electron chi connectivity index (χ4n) is 9.35. The Labute approximate surface area is 300 Å². The lowest BCUT2D eigenvalue weighted by Crippen LogP contribution is -2.34. The molecular weight excluding hydrogens is 633 g/mol. The number of anilines is 2. The zero-order valence-electron chi connectivity index (χ0n) is 28.2. The number of hydrogen-bond donors (Lipinski definition) is 2. The summed E-state index contributed by atoms with van der Waals surface area (Å²) >= 11 is 0. The van der Waals surface area contributed by atoms with Gasteiger partial charge in [0.05, 0.1) is 45.2 Å². The lowest BCUT2D eigenvalue weighted by molar-refractivity contribution is 0.506. The summed E-state index contributed by atoms with van der Waals surface area (Å²) in [4.78, 5) is 0. The summed E-state index contributed by atoms with van der Waals surface area (Å²) in [6, 6.07) is 62.5. The van der Waals surface area contributed by atoms with Crippen LogP contribution in [-0.4, -0.2) is 9.13 Å². The van der Waals surface area contributed by atoms with Crippen LogP contribution < -0.4 is 10.6 Å². The van der Waals surface area contributed by atoms with Gasteiger partial charge in [0.2, 0.25) is 0 Å². The molecule has 244 valence electrons. The Morgan fingerprint density at radius 1 is 0.423 bits per heavy atom. The predicted octanol–water partition coefficient (Wildman–Crippen LogP) is 12.5. The molecule has 0 aliphatic carbocycles. The van der Waals surface area contributed by atoms with Crippen molar-refractivity contribution < 1.29 is 0 Å². The maximum Gasteiger partial charge on any atom is 0.129 e. The Bertz CT molecular complexity index is 3090. The zero-order valence-corrected chi connectivity index (χ0v) is 28.2. The van der Waals surface area contributed by atoms with E-state index in [2.05, 4.69) is 190 Å². The van der Waals surface area contributed by atoms with E-state index in [1.807, 2.05) is 0 Å². The van der Waals surface area contributed by atoms with E-state index in [1.54, 1.807) is 0 Å². The maximum absolute atomic E-state index is 4.03. The first-order chi connectivity index (χ1) is 25.8. The predicted molar refractivity (Wildman–Crippen MR) is 218 cm³/mol. The van der Waals surface area contributed by atoms with Crippen LogP contribution >= 0.6 is 0 Å². The highest BCUT2D eigenvalue weighted by atomic mass is 15.3. The average Bonchev–Trinajstić information content (AvgIpc) is 3.69. The number of nitrogens with one attached hydrogen (secondary N) is 2.